The van der Waals surface area contributed by atoms with Crippen molar-refractivity contribution in [3.63, 3.8) is 0 Å². The van der Waals surface area contributed by atoms with E-state index < -0.39 is 0 Å². The van der Waals surface area contributed by atoms with Crippen LogP contribution in [0.5, 0.6) is 0 Å². The molecule has 1 atom stereocenters. The Balaban J connectivity index is 0.00000256. The van der Waals surface area contributed by atoms with Crippen molar-refractivity contribution in [2.75, 3.05) is 10.6 Å². The summed E-state index contributed by atoms with van der Waals surface area (Å²) in [6.07, 6.45) is 8.19. The van der Waals surface area contributed by atoms with E-state index in [1.807, 2.05) is 37.5 Å². The molecule has 0 saturated carbocycles. The van der Waals surface area contributed by atoms with Crippen LogP contribution in [-0.2, 0) is 13.5 Å². The number of hydrogen-bond acceptors (Lipinski definition) is 5. The van der Waals surface area contributed by atoms with Gasteiger partial charge in [-0.15, -0.1) is 0 Å². The van der Waals surface area contributed by atoms with Gasteiger partial charge >= 0.3 is 0 Å². The van der Waals surface area contributed by atoms with Crippen molar-refractivity contribution in [1.29, 1.82) is 10.7 Å². The Bertz CT molecular complexity index is 1110. The Morgan fingerprint density at radius 1 is 1.31 bits per heavy atom. The molecule has 6 nitrogen and oxygen atoms in total. The van der Waals surface area contributed by atoms with Gasteiger partial charge in [-0.2, -0.15) is 10.4 Å². The largest absolute Gasteiger partial charge is 0.378 e. The van der Waals surface area contributed by atoms with E-state index in [1.54, 1.807) is 10.9 Å². The number of rotatable bonds is 5. The summed E-state index contributed by atoms with van der Waals surface area (Å²) >= 11 is 0. The van der Waals surface area contributed by atoms with Crippen molar-refractivity contribution in [3.05, 3.63) is 70.5 Å². The van der Waals surface area contributed by atoms with Gasteiger partial charge in [0.2, 0.25) is 0 Å². The number of aromatic nitrogens is 2. The SMILES string of the molecule is Cc1c(C#N)ccc2c1CCCC2Nc1ccc(C=N)c(Nc2cnn(C)c2)c1.[HH]. The third-order valence-electron chi connectivity index (χ3n) is 5.58. The summed E-state index contributed by atoms with van der Waals surface area (Å²) < 4.78 is 1.74. The fraction of sp³-hybridized carbons (Fsp3) is 0.261. The molecule has 148 valence electrons. The molecule has 1 aliphatic carbocycles. The molecule has 0 fully saturated rings. The normalized spacial score (nSPS) is 15.3. The average Bonchev–Trinajstić information content (AvgIpc) is 3.14. The number of anilines is 3. The lowest BCUT2D eigenvalue weighted by molar-refractivity contribution is 0.598. The predicted molar refractivity (Wildman–Crippen MR) is 118 cm³/mol. The number of benzene rings is 2. The van der Waals surface area contributed by atoms with Crippen molar-refractivity contribution < 1.29 is 1.43 Å². The lowest BCUT2D eigenvalue weighted by Gasteiger charge is -2.29. The first-order chi connectivity index (χ1) is 14.1. The second-order valence-electron chi connectivity index (χ2n) is 7.48. The highest BCUT2D eigenvalue weighted by Gasteiger charge is 2.22. The number of fused-ring (bicyclic) bond motifs is 1. The number of nitrogens with one attached hydrogen (secondary N) is 3. The van der Waals surface area contributed by atoms with E-state index in [9.17, 15) is 5.26 Å². The molecule has 3 aromatic rings. The molecular formula is C23H26N6. The average molecular weight is 387 g/mol. The van der Waals surface area contributed by atoms with E-state index in [-0.39, 0.29) is 7.47 Å². The van der Waals surface area contributed by atoms with Gasteiger partial charge in [0.05, 0.1) is 29.6 Å². The second kappa shape index (κ2) is 7.80. The first-order valence-electron chi connectivity index (χ1n) is 9.78. The highest BCUT2D eigenvalue weighted by atomic mass is 15.3. The second-order valence-corrected chi connectivity index (χ2v) is 7.48. The molecule has 6 heteroatoms. The molecule has 4 rings (SSSR count). The van der Waals surface area contributed by atoms with Crippen molar-refractivity contribution in [2.24, 2.45) is 7.05 Å². The van der Waals surface area contributed by atoms with Gasteiger partial charge in [-0.3, -0.25) is 4.68 Å². The zero-order valence-corrected chi connectivity index (χ0v) is 16.7. The first-order valence-corrected chi connectivity index (χ1v) is 9.78. The van der Waals surface area contributed by atoms with Crippen LogP contribution >= 0.6 is 0 Å². The third-order valence-corrected chi connectivity index (χ3v) is 5.58. The van der Waals surface area contributed by atoms with Crippen LogP contribution in [0.15, 0.2) is 42.7 Å². The van der Waals surface area contributed by atoms with E-state index in [0.717, 1.165) is 53.0 Å². The molecule has 0 amide bonds. The van der Waals surface area contributed by atoms with Crippen molar-refractivity contribution >= 4 is 23.3 Å². The third kappa shape index (κ3) is 3.72. The lowest BCUT2D eigenvalue weighted by Crippen LogP contribution is -2.18. The molecule has 1 aromatic heterocycles. The smallest absolute Gasteiger partial charge is 0.0994 e. The lowest BCUT2D eigenvalue weighted by atomic mass is 9.83. The maximum Gasteiger partial charge on any atom is 0.0994 e. The zero-order valence-electron chi connectivity index (χ0n) is 16.7. The topological polar surface area (TPSA) is 89.5 Å². The number of nitriles is 1. The van der Waals surface area contributed by atoms with E-state index >= 15 is 0 Å². The molecule has 0 aliphatic heterocycles. The molecule has 0 saturated heterocycles. The van der Waals surface area contributed by atoms with Crippen LogP contribution in [0.2, 0.25) is 0 Å². The van der Waals surface area contributed by atoms with Crippen LogP contribution in [0.1, 0.15) is 48.1 Å². The van der Waals surface area contributed by atoms with Crippen molar-refractivity contribution in [3.8, 4) is 6.07 Å². The molecule has 1 unspecified atom stereocenters. The number of nitrogens with zero attached hydrogens (tertiary/aromatic N) is 3. The van der Waals surface area contributed by atoms with Crippen molar-refractivity contribution in [2.45, 2.75) is 32.2 Å². The molecule has 29 heavy (non-hydrogen) atoms. The molecular weight excluding hydrogens is 360 g/mol. The van der Waals surface area contributed by atoms with E-state index in [0.29, 0.717) is 0 Å². The van der Waals surface area contributed by atoms with Gasteiger partial charge < -0.3 is 16.0 Å². The predicted octanol–water partition coefficient (Wildman–Crippen LogP) is 5.08. The van der Waals surface area contributed by atoms with Crippen LogP contribution < -0.4 is 10.6 Å². The standard InChI is InChI=1S/C23H24N6.H2/c1-15-16(11-24)7-9-21-20(15)4-3-5-22(21)27-18-8-6-17(12-25)23(10-18)28-19-13-26-29(2)14-19;/h6-10,12-14,22,25,27-28H,3-5H2,1-2H3;1H. The molecule has 2 aromatic carbocycles. The molecule has 0 spiro atoms. The van der Waals surface area contributed by atoms with Crippen LogP contribution in [0, 0.1) is 23.7 Å². The number of aryl methyl sites for hydroxylation is 1. The summed E-state index contributed by atoms with van der Waals surface area (Å²) in [4.78, 5) is 0. The minimum atomic E-state index is 0. The maximum absolute atomic E-state index is 9.33. The minimum Gasteiger partial charge on any atom is -0.378 e. The van der Waals surface area contributed by atoms with Crippen LogP contribution in [0.25, 0.3) is 0 Å². The van der Waals surface area contributed by atoms with E-state index in [4.69, 9.17) is 5.41 Å². The summed E-state index contributed by atoms with van der Waals surface area (Å²) in [6.45, 7) is 2.05. The van der Waals surface area contributed by atoms with E-state index in [2.05, 4.69) is 34.8 Å². The number of hydrogen-bond donors (Lipinski definition) is 3. The van der Waals surface area contributed by atoms with Gasteiger partial charge in [-0.05, 0) is 67.1 Å². The van der Waals surface area contributed by atoms with Crippen molar-refractivity contribution in [1.82, 2.24) is 9.78 Å². The Kier molecular flexibility index (Phi) is 5.05. The van der Waals surface area contributed by atoms with Gasteiger partial charge in [0.15, 0.2) is 0 Å². The van der Waals surface area contributed by atoms with Gasteiger partial charge in [0, 0.05) is 37.8 Å². The molecule has 1 heterocycles. The van der Waals surface area contributed by atoms with Gasteiger partial charge in [0.1, 0.15) is 0 Å². The highest BCUT2D eigenvalue weighted by Crippen LogP contribution is 2.36. The molecule has 3 N–H and O–H groups in total. The first kappa shape index (κ1) is 18.8. The summed E-state index contributed by atoms with van der Waals surface area (Å²) in [5, 5.41) is 28.2. The van der Waals surface area contributed by atoms with Crippen LogP contribution in [0.4, 0.5) is 17.1 Å². The molecule has 0 bridgehead atoms. The van der Waals surface area contributed by atoms with E-state index in [1.165, 1.54) is 17.3 Å². The summed E-state index contributed by atoms with van der Waals surface area (Å²) in [7, 11) is 1.88. The zero-order chi connectivity index (χ0) is 20.4. The fourth-order valence-electron chi connectivity index (χ4n) is 4.07. The monoisotopic (exact) mass is 386 g/mol. The van der Waals surface area contributed by atoms with Crippen LogP contribution in [-0.4, -0.2) is 16.0 Å². The Morgan fingerprint density at radius 3 is 2.90 bits per heavy atom. The molecule has 0 radical (unpaired) electrons. The Hall–Kier alpha value is -3.59. The maximum atomic E-state index is 9.33. The summed E-state index contributed by atoms with van der Waals surface area (Å²) in [5.41, 5.74) is 8.03. The van der Waals surface area contributed by atoms with Gasteiger partial charge in [0.25, 0.3) is 0 Å². The quantitative estimate of drug-likeness (QED) is 0.534. The van der Waals surface area contributed by atoms with Crippen LogP contribution in [0.3, 0.4) is 0 Å². The van der Waals surface area contributed by atoms with Gasteiger partial charge in [-0.25, -0.2) is 0 Å². The summed E-state index contributed by atoms with van der Waals surface area (Å²) in [5.74, 6) is 0. The fourth-order valence-corrected chi connectivity index (χ4v) is 4.07. The molecule has 1 aliphatic rings. The Morgan fingerprint density at radius 2 is 2.17 bits per heavy atom. The van der Waals surface area contributed by atoms with Gasteiger partial charge in [-0.1, -0.05) is 6.07 Å². The minimum absolute atomic E-state index is 0. The Labute approximate surface area is 172 Å². The summed E-state index contributed by atoms with van der Waals surface area (Å²) in [6, 6.07) is 12.5. The highest BCUT2D eigenvalue weighted by molar-refractivity contribution is 5.88.